The van der Waals surface area contributed by atoms with Gasteiger partial charge in [0.05, 0.1) is 60.2 Å². The topological polar surface area (TPSA) is 126 Å². The van der Waals surface area contributed by atoms with Crippen molar-refractivity contribution in [1.82, 2.24) is 4.98 Å². The molecule has 2 amide bonds. The molecule has 0 radical (unpaired) electrons. The van der Waals surface area contributed by atoms with E-state index in [1.165, 1.54) is 12.4 Å². The van der Waals surface area contributed by atoms with Gasteiger partial charge >= 0.3 is 0 Å². The molecule has 246 valence electrons. The van der Waals surface area contributed by atoms with E-state index in [4.69, 9.17) is 28.4 Å². The van der Waals surface area contributed by atoms with Gasteiger partial charge in [0.25, 0.3) is 11.8 Å². The van der Waals surface area contributed by atoms with Gasteiger partial charge in [-0.3, -0.25) is 14.6 Å². The van der Waals surface area contributed by atoms with Crippen LogP contribution in [0.4, 0.5) is 11.4 Å². The molecular weight excluding hydrogens is 614 g/mol. The van der Waals surface area contributed by atoms with Crippen molar-refractivity contribution in [3.63, 3.8) is 0 Å². The highest BCUT2D eigenvalue weighted by molar-refractivity contribution is 6.10. The highest BCUT2D eigenvalue weighted by Gasteiger charge is 2.17. The Labute approximate surface area is 278 Å². The zero-order valence-corrected chi connectivity index (χ0v) is 27.4. The summed E-state index contributed by atoms with van der Waals surface area (Å²) >= 11 is 0. The summed E-state index contributed by atoms with van der Waals surface area (Å²) in [7, 11) is 9.31. The number of rotatable bonds is 12. The summed E-state index contributed by atoms with van der Waals surface area (Å²) in [4.78, 5) is 30.6. The predicted molar refractivity (Wildman–Crippen MR) is 183 cm³/mol. The van der Waals surface area contributed by atoms with Gasteiger partial charge in [-0.05, 0) is 76.9 Å². The monoisotopic (exact) mass is 649 g/mol. The molecule has 48 heavy (non-hydrogen) atoms. The van der Waals surface area contributed by atoms with E-state index in [1.807, 2.05) is 48.5 Å². The first-order chi connectivity index (χ1) is 23.3. The number of amides is 2. The highest BCUT2D eigenvalue weighted by atomic mass is 16.5. The summed E-state index contributed by atoms with van der Waals surface area (Å²) in [6, 6.07) is 23.1. The zero-order valence-electron chi connectivity index (χ0n) is 27.4. The highest BCUT2D eigenvalue weighted by Crippen LogP contribution is 2.42. The fraction of sp³-hybridized carbons (Fsp3) is 0.162. The molecule has 0 bridgehead atoms. The van der Waals surface area contributed by atoms with Gasteiger partial charge in [-0.25, -0.2) is 0 Å². The maximum absolute atomic E-state index is 13.2. The minimum Gasteiger partial charge on any atom is -0.493 e. The molecule has 0 fully saturated rings. The van der Waals surface area contributed by atoms with E-state index in [0.29, 0.717) is 57.0 Å². The second-order valence-corrected chi connectivity index (χ2v) is 10.3. The van der Waals surface area contributed by atoms with Crippen molar-refractivity contribution in [1.29, 1.82) is 0 Å². The van der Waals surface area contributed by atoms with E-state index in [-0.39, 0.29) is 11.8 Å². The molecule has 0 spiro atoms. The van der Waals surface area contributed by atoms with E-state index >= 15 is 0 Å². The number of carbonyl (C=O) groups is 2. The van der Waals surface area contributed by atoms with Crippen LogP contribution in [-0.2, 0) is 0 Å². The molecule has 2 N–H and O–H groups in total. The lowest BCUT2D eigenvalue weighted by molar-refractivity contribution is 0.101. The number of anilines is 2. The van der Waals surface area contributed by atoms with Gasteiger partial charge in [0.1, 0.15) is 0 Å². The molecule has 11 heteroatoms. The van der Waals surface area contributed by atoms with E-state index in [2.05, 4.69) is 15.6 Å². The number of carbonyl (C=O) groups excluding carboxylic acids is 2. The zero-order chi connectivity index (χ0) is 34.2. The van der Waals surface area contributed by atoms with Crippen LogP contribution in [0.5, 0.6) is 34.5 Å². The summed E-state index contributed by atoms with van der Waals surface area (Å²) < 4.78 is 32.7. The van der Waals surface area contributed by atoms with Gasteiger partial charge in [0, 0.05) is 17.3 Å². The number of nitrogens with one attached hydrogen (secondary N) is 2. The minimum atomic E-state index is -0.371. The van der Waals surface area contributed by atoms with Crippen LogP contribution in [0.1, 0.15) is 20.7 Å². The summed E-state index contributed by atoms with van der Waals surface area (Å²) in [6.07, 6.45) is 3.01. The summed E-state index contributed by atoms with van der Waals surface area (Å²) in [5.41, 5.74) is 4.91. The predicted octanol–water partition coefficient (Wildman–Crippen LogP) is 6.97. The van der Waals surface area contributed by atoms with Crippen LogP contribution in [-0.4, -0.2) is 59.5 Å². The minimum absolute atomic E-state index is 0.346. The second kappa shape index (κ2) is 14.9. The molecule has 0 saturated carbocycles. The molecule has 4 aromatic carbocycles. The van der Waals surface area contributed by atoms with Crippen LogP contribution in [0.3, 0.4) is 0 Å². The molecule has 1 aromatic heterocycles. The van der Waals surface area contributed by atoms with Gasteiger partial charge in [-0.2, -0.15) is 0 Å². The van der Waals surface area contributed by atoms with Crippen molar-refractivity contribution >= 4 is 23.2 Å². The van der Waals surface area contributed by atoms with Crippen molar-refractivity contribution in [2.75, 3.05) is 53.3 Å². The van der Waals surface area contributed by atoms with Gasteiger partial charge in [-0.1, -0.05) is 24.3 Å². The first-order valence-corrected chi connectivity index (χ1v) is 14.7. The van der Waals surface area contributed by atoms with Crippen LogP contribution in [0.15, 0.2) is 91.3 Å². The van der Waals surface area contributed by atoms with Crippen LogP contribution >= 0.6 is 0 Å². The van der Waals surface area contributed by atoms with E-state index < -0.39 is 0 Å². The van der Waals surface area contributed by atoms with E-state index in [1.54, 1.807) is 73.0 Å². The smallest absolute Gasteiger partial charge is 0.255 e. The molecule has 0 aliphatic heterocycles. The number of ether oxygens (including phenoxy) is 6. The molecule has 5 aromatic rings. The molecule has 0 aliphatic rings. The maximum atomic E-state index is 13.2. The Bertz CT molecular complexity index is 1740. The van der Waals surface area contributed by atoms with E-state index in [0.717, 1.165) is 22.3 Å². The lowest BCUT2D eigenvalue weighted by atomic mass is 10.0. The molecule has 1 heterocycles. The van der Waals surface area contributed by atoms with Crippen LogP contribution in [0, 0.1) is 0 Å². The largest absolute Gasteiger partial charge is 0.493 e. The average molecular weight is 650 g/mol. The number of hydrogen-bond donors (Lipinski definition) is 2. The van der Waals surface area contributed by atoms with Gasteiger partial charge in [-0.15, -0.1) is 0 Å². The Morgan fingerprint density at radius 2 is 0.854 bits per heavy atom. The average Bonchev–Trinajstić information content (AvgIpc) is 3.14. The summed E-state index contributed by atoms with van der Waals surface area (Å²) in [5, 5.41) is 5.72. The fourth-order valence-electron chi connectivity index (χ4n) is 5.12. The Morgan fingerprint density at radius 1 is 0.479 bits per heavy atom. The van der Waals surface area contributed by atoms with Crippen LogP contribution in [0.2, 0.25) is 0 Å². The van der Waals surface area contributed by atoms with Crippen molar-refractivity contribution in [2.24, 2.45) is 0 Å². The molecule has 0 atom stereocenters. The third-order valence-electron chi connectivity index (χ3n) is 7.61. The third-order valence-corrected chi connectivity index (χ3v) is 7.61. The quantitative estimate of drug-likeness (QED) is 0.147. The number of benzene rings is 4. The Morgan fingerprint density at radius 3 is 1.21 bits per heavy atom. The lowest BCUT2D eigenvalue weighted by Gasteiger charge is -2.15. The molecule has 0 aliphatic carbocycles. The Hall–Kier alpha value is -6.23. The molecule has 5 rings (SSSR count). The third kappa shape index (κ3) is 6.95. The normalized spacial score (nSPS) is 10.5. The summed E-state index contributed by atoms with van der Waals surface area (Å²) in [5.74, 6) is 2.35. The van der Waals surface area contributed by atoms with Crippen molar-refractivity contribution in [3.8, 4) is 56.8 Å². The molecule has 11 nitrogen and oxygen atoms in total. The van der Waals surface area contributed by atoms with Gasteiger partial charge < -0.3 is 39.1 Å². The number of hydrogen-bond acceptors (Lipinski definition) is 9. The molecular formula is C37H35N3O8. The first-order valence-electron chi connectivity index (χ1n) is 14.7. The number of nitrogens with zero attached hydrogens (tertiary/aromatic N) is 1. The Kier molecular flexibility index (Phi) is 10.3. The fourth-order valence-corrected chi connectivity index (χ4v) is 5.12. The van der Waals surface area contributed by atoms with Gasteiger partial charge in [0.2, 0.25) is 11.5 Å². The second-order valence-electron chi connectivity index (χ2n) is 10.3. The number of pyridine rings is 1. The maximum Gasteiger partial charge on any atom is 0.255 e. The van der Waals surface area contributed by atoms with Crippen molar-refractivity contribution in [2.45, 2.75) is 0 Å². The van der Waals surface area contributed by atoms with E-state index in [9.17, 15) is 9.59 Å². The Balaban J connectivity index is 1.29. The SMILES string of the molecule is COc1cc(-c2ccc(C(=O)Nc3ccncc3NC(=O)c3ccc(-c4cc(OC)c(OC)c(OC)c4)cc3)cc2)cc(OC)c1OC. The van der Waals surface area contributed by atoms with Crippen molar-refractivity contribution < 1.29 is 38.0 Å². The number of methoxy groups -OCH3 is 6. The molecule has 0 saturated heterocycles. The van der Waals surface area contributed by atoms with Crippen LogP contribution in [0.25, 0.3) is 22.3 Å². The van der Waals surface area contributed by atoms with Gasteiger partial charge in [0.15, 0.2) is 23.0 Å². The lowest BCUT2D eigenvalue weighted by Crippen LogP contribution is -2.17. The number of aromatic nitrogens is 1. The molecule has 0 unspecified atom stereocenters. The first kappa shape index (κ1) is 33.1. The summed E-state index contributed by atoms with van der Waals surface area (Å²) in [6.45, 7) is 0. The van der Waals surface area contributed by atoms with Crippen molar-refractivity contribution in [3.05, 3.63) is 102 Å². The van der Waals surface area contributed by atoms with Crippen LogP contribution < -0.4 is 39.1 Å². The standard InChI is InChI=1S/C37H35N3O8/c1-43-30-17-26(18-31(44-2)34(30)47-5)22-7-11-24(12-8-22)36(41)39-28-15-16-38-21-29(28)40-37(42)25-13-9-23(10-14-25)27-19-32(45-3)35(48-6)33(20-27)46-4/h7-21H,1-6H3,(H,40,42)(H,38,39,41).